The summed E-state index contributed by atoms with van der Waals surface area (Å²) in [6.07, 6.45) is 6.19. The zero-order chi connectivity index (χ0) is 9.80. The predicted octanol–water partition coefficient (Wildman–Crippen LogP) is 1.60. The molecule has 0 saturated carbocycles. The topological polar surface area (TPSA) is 29.7 Å². The Morgan fingerprint density at radius 2 is 2.21 bits per heavy atom. The zero-order valence-corrected chi connectivity index (χ0v) is 9.38. The van der Waals surface area contributed by atoms with Crippen molar-refractivity contribution in [3.8, 4) is 0 Å². The quantitative estimate of drug-likeness (QED) is 0.586. The van der Waals surface area contributed by atoms with Crippen LogP contribution >= 0.6 is 23.3 Å². The third-order valence-corrected chi connectivity index (χ3v) is 3.14. The molecule has 0 unspecified atom stereocenters. The molecule has 2 heterocycles. The summed E-state index contributed by atoms with van der Waals surface area (Å²) in [5, 5.41) is 5.96. The number of thioether (sulfide) groups is 1. The average Bonchev–Trinajstić information content (AvgIpc) is 2.72. The van der Waals surface area contributed by atoms with Crippen LogP contribution in [0.3, 0.4) is 0 Å². The van der Waals surface area contributed by atoms with Crippen LogP contribution in [-0.2, 0) is 6.54 Å². The molecule has 0 fully saturated rings. The molecule has 0 bridgehead atoms. The number of rotatable bonds is 3. The lowest BCUT2D eigenvalue weighted by atomic mass is 10.4. The minimum absolute atomic E-state index is 0.797. The first kappa shape index (κ1) is 9.61. The second-order valence-electron chi connectivity index (χ2n) is 2.81. The third-order valence-electron chi connectivity index (χ3n) is 1.85. The second-order valence-corrected chi connectivity index (χ2v) is 4.30. The van der Waals surface area contributed by atoms with E-state index in [1.807, 2.05) is 5.38 Å². The summed E-state index contributed by atoms with van der Waals surface area (Å²) in [6, 6.07) is 4.20. The van der Waals surface area contributed by atoms with E-state index in [0.29, 0.717) is 0 Å². The van der Waals surface area contributed by atoms with Crippen molar-refractivity contribution in [1.82, 2.24) is 9.59 Å². The van der Waals surface area contributed by atoms with E-state index in [-0.39, 0.29) is 0 Å². The molecule has 2 aromatic rings. The van der Waals surface area contributed by atoms with Gasteiger partial charge in [0, 0.05) is 22.4 Å². The largest absolute Gasteiger partial charge is 0.199 e. The first-order valence-corrected chi connectivity index (χ1v) is 6.23. The highest BCUT2D eigenvalue weighted by molar-refractivity contribution is 7.98. The number of pyridine rings is 1. The highest BCUT2D eigenvalue weighted by Crippen LogP contribution is 2.10. The van der Waals surface area contributed by atoms with Gasteiger partial charge in [0.1, 0.15) is 5.69 Å². The normalized spacial score (nSPS) is 10.4. The lowest BCUT2D eigenvalue weighted by Gasteiger charge is -1.94. The summed E-state index contributed by atoms with van der Waals surface area (Å²) >= 11 is 3.13. The fourth-order valence-corrected chi connectivity index (χ4v) is 1.96. The molecule has 0 aliphatic heterocycles. The van der Waals surface area contributed by atoms with Gasteiger partial charge >= 0.3 is 0 Å². The second kappa shape index (κ2) is 4.52. The van der Waals surface area contributed by atoms with Gasteiger partial charge in [-0.3, -0.25) is 0 Å². The van der Waals surface area contributed by atoms with Gasteiger partial charge in [-0.2, -0.15) is 4.57 Å². The maximum Gasteiger partial charge on any atom is 0.193 e. The van der Waals surface area contributed by atoms with Gasteiger partial charge in [0.25, 0.3) is 0 Å². The van der Waals surface area contributed by atoms with Crippen LogP contribution in [0.25, 0.3) is 0 Å². The minimum Gasteiger partial charge on any atom is -0.199 e. The molecule has 2 aromatic heterocycles. The molecule has 0 aromatic carbocycles. The molecule has 0 aliphatic rings. The highest BCUT2D eigenvalue weighted by atomic mass is 32.2. The molecular formula is C9H10N3S2+. The Balaban J connectivity index is 2.10. The number of aromatic nitrogens is 3. The van der Waals surface area contributed by atoms with E-state index in [2.05, 4.69) is 44.9 Å². The predicted molar refractivity (Wildman–Crippen MR) is 57.4 cm³/mol. The molecule has 0 aliphatic carbocycles. The first-order chi connectivity index (χ1) is 6.88. The maximum atomic E-state index is 4.00. The molecule has 5 heteroatoms. The van der Waals surface area contributed by atoms with Crippen LogP contribution in [-0.4, -0.2) is 15.8 Å². The van der Waals surface area contributed by atoms with E-state index in [0.717, 1.165) is 12.2 Å². The van der Waals surface area contributed by atoms with Crippen LogP contribution in [0.15, 0.2) is 34.8 Å². The first-order valence-electron chi connectivity index (χ1n) is 4.17. The molecule has 0 radical (unpaired) electrons. The molecule has 0 atom stereocenters. The van der Waals surface area contributed by atoms with Crippen LogP contribution in [0.2, 0.25) is 0 Å². The van der Waals surface area contributed by atoms with Gasteiger partial charge in [-0.1, -0.05) is 4.49 Å². The molecule has 0 N–H and O–H groups in total. The van der Waals surface area contributed by atoms with Gasteiger partial charge in [0.2, 0.25) is 0 Å². The molecule has 3 nitrogen and oxygen atoms in total. The molecular weight excluding hydrogens is 214 g/mol. The number of hydrogen-bond donors (Lipinski definition) is 0. The fraction of sp³-hybridized carbons (Fsp3) is 0.222. The summed E-state index contributed by atoms with van der Waals surface area (Å²) in [6.45, 7) is 0.797. The van der Waals surface area contributed by atoms with Gasteiger partial charge in [0.15, 0.2) is 18.9 Å². The molecule has 14 heavy (non-hydrogen) atoms. The Bertz CT molecular complexity index is 383. The summed E-state index contributed by atoms with van der Waals surface area (Å²) in [5.74, 6) is 0. The highest BCUT2D eigenvalue weighted by Gasteiger charge is 2.04. The van der Waals surface area contributed by atoms with Gasteiger partial charge < -0.3 is 0 Å². The SMILES string of the molecule is CSc1cc[n+](Cc2csnn2)cc1. The van der Waals surface area contributed by atoms with Crippen molar-refractivity contribution in [3.63, 3.8) is 0 Å². The van der Waals surface area contributed by atoms with Crippen molar-refractivity contribution in [1.29, 1.82) is 0 Å². The Hall–Kier alpha value is -0.940. The van der Waals surface area contributed by atoms with E-state index < -0.39 is 0 Å². The van der Waals surface area contributed by atoms with Crippen molar-refractivity contribution in [2.75, 3.05) is 6.26 Å². The zero-order valence-electron chi connectivity index (χ0n) is 7.75. The van der Waals surface area contributed by atoms with Gasteiger partial charge in [-0.05, 0) is 17.8 Å². The van der Waals surface area contributed by atoms with E-state index in [1.54, 1.807) is 11.8 Å². The van der Waals surface area contributed by atoms with Crippen LogP contribution in [0, 0.1) is 0 Å². The van der Waals surface area contributed by atoms with E-state index in [1.165, 1.54) is 16.4 Å². The summed E-state index contributed by atoms with van der Waals surface area (Å²) in [5.41, 5.74) is 1.01. The van der Waals surface area contributed by atoms with Crippen LogP contribution in [0.4, 0.5) is 0 Å². The van der Waals surface area contributed by atoms with E-state index >= 15 is 0 Å². The molecule has 0 saturated heterocycles. The Morgan fingerprint density at radius 3 is 2.79 bits per heavy atom. The minimum atomic E-state index is 0.797. The number of nitrogens with zero attached hydrogens (tertiary/aromatic N) is 3. The molecule has 0 amide bonds. The summed E-state index contributed by atoms with van der Waals surface area (Å²) < 4.78 is 5.92. The van der Waals surface area contributed by atoms with Crippen LogP contribution < -0.4 is 4.57 Å². The maximum absolute atomic E-state index is 4.00. The van der Waals surface area contributed by atoms with Gasteiger partial charge in [-0.25, -0.2) is 0 Å². The van der Waals surface area contributed by atoms with Crippen LogP contribution in [0.1, 0.15) is 5.69 Å². The number of hydrogen-bond acceptors (Lipinski definition) is 4. The molecule has 72 valence electrons. The van der Waals surface area contributed by atoms with Gasteiger partial charge in [-0.15, -0.1) is 16.9 Å². The Morgan fingerprint density at radius 1 is 1.43 bits per heavy atom. The summed E-state index contributed by atoms with van der Waals surface area (Å²) in [4.78, 5) is 1.28. The van der Waals surface area contributed by atoms with Crippen molar-refractivity contribution >= 4 is 23.3 Å². The fourth-order valence-electron chi connectivity index (χ4n) is 1.13. The van der Waals surface area contributed by atoms with Crippen molar-refractivity contribution in [3.05, 3.63) is 35.6 Å². The molecule has 2 rings (SSSR count). The van der Waals surface area contributed by atoms with Crippen molar-refractivity contribution in [2.24, 2.45) is 0 Å². The summed E-state index contributed by atoms with van der Waals surface area (Å²) in [7, 11) is 0. The Labute approximate surface area is 91.0 Å². The monoisotopic (exact) mass is 224 g/mol. The van der Waals surface area contributed by atoms with Gasteiger partial charge in [0.05, 0.1) is 0 Å². The lowest BCUT2D eigenvalue weighted by molar-refractivity contribution is -0.689. The Kier molecular flexibility index (Phi) is 3.10. The average molecular weight is 224 g/mol. The standard InChI is InChI=1S/C9H10N3S2/c1-13-9-2-4-12(5-3-9)6-8-7-14-11-10-8/h2-5,7H,6H2,1H3/q+1. The van der Waals surface area contributed by atoms with E-state index in [4.69, 9.17) is 0 Å². The lowest BCUT2D eigenvalue weighted by Crippen LogP contribution is -2.33. The van der Waals surface area contributed by atoms with Crippen LogP contribution in [0.5, 0.6) is 0 Å². The van der Waals surface area contributed by atoms with Crippen molar-refractivity contribution < 1.29 is 4.57 Å². The van der Waals surface area contributed by atoms with Crippen molar-refractivity contribution in [2.45, 2.75) is 11.4 Å². The molecule has 0 spiro atoms. The third kappa shape index (κ3) is 2.30. The smallest absolute Gasteiger partial charge is 0.193 e. The van der Waals surface area contributed by atoms with E-state index in [9.17, 15) is 0 Å².